The first-order valence-corrected chi connectivity index (χ1v) is 12.0. The van der Waals surface area contributed by atoms with Gasteiger partial charge in [0.25, 0.3) is 0 Å². The molecule has 3 atom stereocenters. The number of carbonyl (C=O) groups is 2. The van der Waals surface area contributed by atoms with Crippen molar-refractivity contribution < 1.29 is 18.8 Å². The fourth-order valence-electron chi connectivity index (χ4n) is 4.50. The highest BCUT2D eigenvalue weighted by Crippen LogP contribution is 2.47. The third-order valence-corrected chi connectivity index (χ3v) is 11.2. The van der Waals surface area contributed by atoms with Crippen LogP contribution in [0.2, 0.25) is 18.1 Å². The first-order chi connectivity index (χ1) is 11.0. The zero-order valence-electron chi connectivity index (χ0n) is 15.8. The minimum atomic E-state index is -1.80. The van der Waals surface area contributed by atoms with Crippen molar-refractivity contribution in [3.8, 4) is 0 Å². The number of esters is 1. The smallest absolute Gasteiger partial charge is 0.330 e. The quantitative estimate of drug-likeness (QED) is 0.444. The van der Waals surface area contributed by atoms with Crippen LogP contribution in [-0.2, 0) is 18.8 Å². The van der Waals surface area contributed by atoms with E-state index >= 15 is 0 Å². The summed E-state index contributed by atoms with van der Waals surface area (Å²) < 4.78 is 11.6. The Labute approximate surface area is 146 Å². The average molecular weight is 354 g/mol. The van der Waals surface area contributed by atoms with E-state index in [-0.39, 0.29) is 40.9 Å². The van der Waals surface area contributed by atoms with Crippen LogP contribution in [0, 0.1) is 5.92 Å². The molecule has 4 aliphatic rings. The Hall–Kier alpha value is -0.723. The van der Waals surface area contributed by atoms with Crippen LogP contribution in [0.3, 0.4) is 0 Å². The van der Waals surface area contributed by atoms with Crippen molar-refractivity contribution in [1.82, 2.24) is 4.90 Å². The van der Waals surface area contributed by atoms with Crippen LogP contribution in [0.1, 0.15) is 46.5 Å². The number of ether oxygens (including phenoxy) is 1. The number of nitrogens with zero attached hydrogens (tertiary/aromatic N) is 1. The van der Waals surface area contributed by atoms with E-state index in [1.54, 1.807) is 0 Å². The Morgan fingerprint density at radius 2 is 1.67 bits per heavy atom. The molecule has 5 nitrogen and oxygen atoms in total. The number of hydrogen-bond acceptors (Lipinski definition) is 5. The van der Waals surface area contributed by atoms with Crippen molar-refractivity contribution in [2.24, 2.45) is 5.92 Å². The van der Waals surface area contributed by atoms with E-state index in [2.05, 4.69) is 38.8 Å². The fraction of sp³-hybridized carbons (Fsp3) is 0.889. The normalized spacial score (nSPS) is 39.0. The second-order valence-corrected chi connectivity index (χ2v) is 14.0. The van der Waals surface area contributed by atoms with Crippen LogP contribution < -0.4 is 0 Å². The topological polar surface area (TPSA) is 55.8 Å². The fourth-order valence-corrected chi connectivity index (χ4v) is 5.88. The van der Waals surface area contributed by atoms with Gasteiger partial charge in [-0.05, 0) is 43.8 Å². The van der Waals surface area contributed by atoms with Crippen molar-refractivity contribution in [3.63, 3.8) is 0 Å². The van der Waals surface area contributed by atoms with Gasteiger partial charge < -0.3 is 9.16 Å². The highest BCUT2D eigenvalue weighted by atomic mass is 28.4. The van der Waals surface area contributed by atoms with Gasteiger partial charge in [-0.25, -0.2) is 4.79 Å². The number of Topliss-reactive ketones (excluding diaryl/α,β-unsaturated/α-hetero) is 1. The molecule has 4 bridgehead atoms. The number of rotatable bonds is 3. The third-order valence-electron chi connectivity index (χ3n) is 6.69. The Morgan fingerprint density at radius 1 is 1.12 bits per heavy atom. The first-order valence-electron chi connectivity index (χ1n) is 9.12. The van der Waals surface area contributed by atoms with Crippen LogP contribution in [0.15, 0.2) is 0 Å². The number of fused-ring (bicyclic) bond motifs is 1. The second-order valence-electron chi connectivity index (χ2n) is 9.22. The van der Waals surface area contributed by atoms with Gasteiger partial charge in [0.05, 0.1) is 7.11 Å². The monoisotopic (exact) mass is 353 g/mol. The maximum Gasteiger partial charge on any atom is 0.330 e. The Kier molecular flexibility index (Phi) is 4.46. The summed E-state index contributed by atoms with van der Waals surface area (Å²) >= 11 is 0. The highest BCUT2D eigenvalue weighted by Gasteiger charge is 2.57. The molecule has 0 spiro atoms. The molecule has 136 valence electrons. The molecule has 0 aromatic heterocycles. The van der Waals surface area contributed by atoms with Gasteiger partial charge in [-0.2, -0.15) is 0 Å². The number of methoxy groups -OCH3 is 1. The molecule has 0 radical (unpaired) electrons. The van der Waals surface area contributed by atoms with E-state index in [0.29, 0.717) is 0 Å². The molecule has 4 heterocycles. The zero-order chi connectivity index (χ0) is 17.9. The van der Waals surface area contributed by atoms with Crippen molar-refractivity contribution in [3.05, 3.63) is 0 Å². The minimum absolute atomic E-state index is 0.0305. The number of piperidine rings is 4. The number of ketones is 1. The van der Waals surface area contributed by atoms with Gasteiger partial charge in [-0.3, -0.25) is 9.69 Å². The number of hydrogen-bond donors (Lipinski definition) is 0. The molecular formula is C18H31NO4Si. The van der Waals surface area contributed by atoms with Gasteiger partial charge >= 0.3 is 5.97 Å². The molecule has 4 saturated heterocycles. The number of carbonyl (C=O) groups excluding carboxylic acids is 2. The summed E-state index contributed by atoms with van der Waals surface area (Å²) in [6.07, 6.45) is 3.87. The standard InChI is InChI=1S/C18H31NO4Si/c1-18(2,3)24(5,6)23-14-9-12-7-11-8-13(10-14)19(12)15(16(11)20)17(21)22-4/h11-15H,7-10H2,1-6H3. The third kappa shape index (κ3) is 2.86. The van der Waals surface area contributed by atoms with E-state index in [0.717, 1.165) is 25.7 Å². The van der Waals surface area contributed by atoms with Crippen LogP contribution in [0.5, 0.6) is 0 Å². The first kappa shape index (κ1) is 18.1. The molecule has 0 aromatic rings. The predicted octanol–water partition coefficient (Wildman–Crippen LogP) is 2.74. The molecule has 0 saturated carbocycles. The maximum atomic E-state index is 12.5. The summed E-state index contributed by atoms with van der Waals surface area (Å²) in [4.78, 5) is 26.8. The lowest BCUT2D eigenvalue weighted by atomic mass is 9.69. The average Bonchev–Trinajstić information content (AvgIpc) is 2.45. The van der Waals surface area contributed by atoms with Crippen LogP contribution in [-0.4, -0.2) is 56.3 Å². The SMILES string of the molecule is COC(=O)C1C(=O)C2CC3CC(O[Si](C)(C)C(C)(C)C)CC(C2)N31. The minimum Gasteiger partial charge on any atom is -0.468 e. The van der Waals surface area contributed by atoms with Crippen molar-refractivity contribution in [2.45, 2.75) is 88.8 Å². The summed E-state index contributed by atoms with van der Waals surface area (Å²) in [5.74, 6) is -0.288. The predicted molar refractivity (Wildman–Crippen MR) is 94.3 cm³/mol. The molecule has 24 heavy (non-hydrogen) atoms. The van der Waals surface area contributed by atoms with Crippen LogP contribution >= 0.6 is 0 Å². The zero-order valence-corrected chi connectivity index (χ0v) is 16.8. The van der Waals surface area contributed by atoms with Crippen LogP contribution in [0.4, 0.5) is 0 Å². The molecule has 0 amide bonds. The molecule has 3 unspecified atom stereocenters. The van der Waals surface area contributed by atoms with Gasteiger partial charge in [0, 0.05) is 24.1 Å². The molecule has 0 aromatic carbocycles. The summed E-state index contributed by atoms with van der Waals surface area (Å²) in [7, 11) is -0.424. The molecule has 4 rings (SSSR count). The molecule has 4 fully saturated rings. The van der Waals surface area contributed by atoms with Gasteiger partial charge in [0.15, 0.2) is 20.1 Å². The molecule has 6 heteroatoms. The Morgan fingerprint density at radius 3 is 2.12 bits per heavy atom. The molecular weight excluding hydrogens is 322 g/mol. The van der Waals surface area contributed by atoms with E-state index < -0.39 is 14.4 Å². The Bertz CT molecular complexity index is 526. The van der Waals surface area contributed by atoms with E-state index in [1.807, 2.05) is 0 Å². The largest absolute Gasteiger partial charge is 0.468 e. The summed E-state index contributed by atoms with van der Waals surface area (Å²) in [5.41, 5.74) is 0. The van der Waals surface area contributed by atoms with Crippen molar-refractivity contribution >= 4 is 20.1 Å². The van der Waals surface area contributed by atoms with E-state index in [9.17, 15) is 9.59 Å². The lowest BCUT2D eigenvalue weighted by molar-refractivity contribution is -0.173. The van der Waals surface area contributed by atoms with Crippen molar-refractivity contribution in [2.75, 3.05) is 7.11 Å². The summed E-state index contributed by atoms with van der Waals surface area (Å²) in [6.45, 7) is 11.4. The van der Waals surface area contributed by atoms with Gasteiger partial charge in [0.1, 0.15) is 0 Å². The highest BCUT2D eigenvalue weighted by molar-refractivity contribution is 6.74. The van der Waals surface area contributed by atoms with E-state index in [1.165, 1.54) is 7.11 Å². The summed E-state index contributed by atoms with van der Waals surface area (Å²) in [5, 5.41) is 0.198. The Balaban J connectivity index is 1.76. The molecule has 0 aliphatic carbocycles. The van der Waals surface area contributed by atoms with Crippen LogP contribution in [0.25, 0.3) is 0 Å². The van der Waals surface area contributed by atoms with Gasteiger partial charge in [-0.15, -0.1) is 0 Å². The maximum absolute atomic E-state index is 12.5. The lowest BCUT2D eigenvalue weighted by Gasteiger charge is -2.57. The van der Waals surface area contributed by atoms with Crippen molar-refractivity contribution in [1.29, 1.82) is 0 Å². The lowest BCUT2D eigenvalue weighted by Crippen LogP contribution is -2.70. The van der Waals surface area contributed by atoms with Gasteiger partial charge in [-0.1, -0.05) is 20.8 Å². The van der Waals surface area contributed by atoms with E-state index in [4.69, 9.17) is 9.16 Å². The molecule has 4 aliphatic heterocycles. The summed E-state index contributed by atoms with van der Waals surface area (Å²) in [6, 6.07) is -0.121. The second kappa shape index (κ2) is 5.92. The van der Waals surface area contributed by atoms with Gasteiger partial charge in [0.2, 0.25) is 0 Å². The molecule has 0 N–H and O–H groups in total.